The molecule has 2 aliphatic rings. The van der Waals surface area contributed by atoms with Crippen LogP contribution in [0.3, 0.4) is 0 Å². The first kappa shape index (κ1) is 11.0. The summed E-state index contributed by atoms with van der Waals surface area (Å²) in [6, 6.07) is 4.38. The summed E-state index contributed by atoms with van der Waals surface area (Å²) in [7, 11) is 0. The van der Waals surface area contributed by atoms with E-state index >= 15 is 0 Å². The van der Waals surface area contributed by atoms with E-state index in [1.165, 1.54) is 50.0 Å². The van der Waals surface area contributed by atoms with Crippen molar-refractivity contribution >= 4 is 5.82 Å². The van der Waals surface area contributed by atoms with Gasteiger partial charge in [0.2, 0.25) is 0 Å². The Labute approximate surface area is 103 Å². The second-order valence-corrected chi connectivity index (χ2v) is 5.23. The molecule has 0 amide bonds. The van der Waals surface area contributed by atoms with Crippen LogP contribution in [0.5, 0.6) is 0 Å². The van der Waals surface area contributed by atoms with Crippen LogP contribution in [0, 0.1) is 5.92 Å². The number of aromatic nitrogens is 1. The molecule has 0 bridgehead atoms. The minimum absolute atomic E-state index is 0.858. The lowest BCUT2D eigenvalue weighted by molar-refractivity contribution is 0.549. The molecule has 3 rings (SSSR count). The summed E-state index contributed by atoms with van der Waals surface area (Å²) in [6.45, 7) is 3.44. The lowest BCUT2D eigenvalue weighted by Gasteiger charge is -2.10. The molecule has 0 saturated carbocycles. The Kier molecular flexibility index (Phi) is 3.27. The Bertz CT molecular complexity index is 383. The molecular formula is C14H21N3. The molecule has 1 aliphatic carbocycles. The molecule has 1 unspecified atom stereocenters. The third-order valence-corrected chi connectivity index (χ3v) is 3.95. The minimum atomic E-state index is 0.858. The highest BCUT2D eigenvalue weighted by Gasteiger charge is 2.14. The molecule has 17 heavy (non-hydrogen) atoms. The molecule has 3 nitrogen and oxygen atoms in total. The molecule has 0 radical (unpaired) electrons. The van der Waals surface area contributed by atoms with Crippen LogP contribution in [0.15, 0.2) is 12.1 Å². The number of rotatable bonds is 4. The van der Waals surface area contributed by atoms with E-state index in [2.05, 4.69) is 22.8 Å². The molecule has 1 aromatic heterocycles. The normalized spacial score (nSPS) is 22.7. The van der Waals surface area contributed by atoms with Gasteiger partial charge in [0, 0.05) is 12.2 Å². The van der Waals surface area contributed by atoms with Crippen LogP contribution in [0.25, 0.3) is 0 Å². The Morgan fingerprint density at radius 2 is 2.35 bits per heavy atom. The molecular weight excluding hydrogens is 210 g/mol. The van der Waals surface area contributed by atoms with Crippen molar-refractivity contribution in [2.24, 2.45) is 5.92 Å². The van der Waals surface area contributed by atoms with Gasteiger partial charge in [-0.1, -0.05) is 6.07 Å². The predicted octanol–water partition coefficient (Wildman–Crippen LogP) is 1.98. The second-order valence-electron chi connectivity index (χ2n) is 5.23. The number of pyridine rings is 1. The monoisotopic (exact) mass is 231 g/mol. The maximum Gasteiger partial charge on any atom is 0.126 e. The van der Waals surface area contributed by atoms with Gasteiger partial charge in [0.15, 0.2) is 0 Å². The van der Waals surface area contributed by atoms with Crippen molar-refractivity contribution in [2.75, 3.05) is 25.0 Å². The largest absolute Gasteiger partial charge is 0.370 e. The van der Waals surface area contributed by atoms with Crippen molar-refractivity contribution in [3.63, 3.8) is 0 Å². The standard InChI is InChI=1S/C14H21N3/c1-2-12-4-5-14(17-13(12)3-1)16-9-7-11-6-8-15-10-11/h4-5,11,15H,1-3,6-10H2,(H,16,17). The van der Waals surface area contributed by atoms with Gasteiger partial charge in [-0.05, 0) is 62.7 Å². The predicted molar refractivity (Wildman–Crippen MR) is 70.3 cm³/mol. The molecule has 0 spiro atoms. The van der Waals surface area contributed by atoms with Crippen LogP contribution in [0.4, 0.5) is 5.82 Å². The van der Waals surface area contributed by atoms with Crippen LogP contribution in [0.2, 0.25) is 0 Å². The zero-order valence-corrected chi connectivity index (χ0v) is 10.3. The summed E-state index contributed by atoms with van der Waals surface area (Å²) in [5.41, 5.74) is 2.77. The van der Waals surface area contributed by atoms with Gasteiger partial charge >= 0.3 is 0 Å². The average Bonchev–Trinajstić information content (AvgIpc) is 2.98. The van der Waals surface area contributed by atoms with Crippen molar-refractivity contribution in [1.29, 1.82) is 0 Å². The maximum absolute atomic E-state index is 4.69. The summed E-state index contributed by atoms with van der Waals surface area (Å²) < 4.78 is 0. The fourth-order valence-electron chi connectivity index (χ4n) is 2.88. The van der Waals surface area contributed by atoms with Gasteiger partial charge in [0.25, 0.3) is 0 Å². The molecule has 2 heterocycles. The van der Waals surface area contributed by atoms with E-state index in [1.807, 2.05) is 0 Å². The molecule has 1 aliphatic heterocycles. The van der Waals surface area contributed by atoms with Crippen LogP contribution < -0.4 is 10.6 Å². The summed E-state index contributed by atoms with van der Waals surface area (Å²) in [6.07, 6.45) is 6.25. The molecule has 1 saturated heterocycles. The average molecular weight is 231 g/mol. The highest BCUT2D eigenvalue weighted by Crippen LogP contribution is 2.21. The van der Waals surface area contributed by atoms with Gasteiger partial charge in [0.1, 0.15) is 5.82 Å². The quantitative estimate of drug-likeness (QED) is 0.832. The number of aryl methyl sites for hydroxylation is 2. The highest BCUT2D eigenvalue weighted by molar-refractivity contribution is 5.40. The van der Waals surface area contributed by atoms with Crippen molar-refractivity contribution in [3.8, 4) is 0 Å². The fourth-order valence-corrected chi connectivity index (χ4v) is 2.88. The number of nitrogens with zero attached hydrogens (tertiary/aromatic N) is 1. The fraction of sp³-hybridized carbons (Fsp3) is 0.643. The SMILES string of the molecule is c1cc2c(nc1NCCC1CCNC1)CCC2. The molecule has 92 valence electrons. The number of nitrogens with one attached hydrogen (secondary N) is 2. The summed E-state index contributed by atoms with van der Waals surface area (Å²) in [5, 5.41) is 6.87. The first-order chi connectivity index (χ1) is 8.42. The van der Waals surface area contributed by atoms with Gasteiger partial charge in [0.05, 0.1) is 0 Å². The lowest BCUT2D eigenvalue weighted by Crippen LogP contribution is -2.13. The van der Waals surface area contributed by atoms with Crippen molar-refractivity contribution in [1.82, 2.24) is 10.3 Å². The topological polar surface area (TPSA) is 37.0 Å². The number of hydrogen-bond acceptors (Lipinski definition) is 3. The third-order valence-electron chi connectivity index (χ3n) is 3.95. The molecule has 1 atom stereocenters. The second kappa shape index (κ2) is 5.05. The van der Waals surface area contributed by atoms with E-state index in [4.69, 9.17) is 4.98 Å². The van der Waals surface area contributed by atoms with Crippen molar-refractivity contribution in [2.45, 2.75) is 32.1 Å². The van der Waals surface area contributed by atoms with Crippen LogP contribution in [-0.4, -0.2) is 24.6 Å². The maximum atomic E-state index is 4.69. The summed E-state index contributed by atoms with van der Waals surface area (Å²) >= 11 is 0. The van der Waals surface area contributed by atoms with Gasteiger partial charge in [-0.2, -0.15) is 0 Å². The van der Waals surface area contributed by atoms with Gasteiger partial charge in [-0.25, -0.2) is 4.98 Å². The number of hydrogen-bond donors (Lipinski definition) is 2. The Balaban J connectivity index is 1.51. The minimum Gasteiger partial charge on any atom is -0.370 e. The van der Waals surface area contributed by atoms with Crippen LogP contribution >= 0.6 is 0 Å². The van der Waals surface area contributed by atoms with E-state index in [0.717, 1.165) is 24.7 Å². The van der Waals surface area contributed by atoms with E-state index in [1.54, 1.807) is 0 Å². The van der Waals surface area contributed by atoms with Crippen molar-refractivity contribution in [3.05, 3.63) is 23.4 Å². The Morgan fingerprint density at radius 3 is 3.24 bits per heavy atom. The van der Waals surface area contributed by atoms with E-state index in [0.29, 0.717) is 0 Å². The summed E-state index contributed by atoms with van der Waals surface area (Å²) in [5.74, 6) is 1.92. The molecule has 2 N–H and O–H groups in total. The Hall–Kier alpha value is -1.09. The first-order valence-electron chi connectivity index (χ1n) is 6.85. The van der Waals surface area contributed by atoms with E-state index in [9.17, 15) is 0 Å². The molecule has 1 fully saturated rings. The molecule has 0 aromatic carbocycles. The smallest absolute Gasteiger partial charge is 0.126 e. The first-order valence-corrected chi connectivity index (χ1v) is 6.85. The highest BCUT2D eigenvalue weighted by atomic mass is 15.0. The third kappa shape index (κ3) is 2.60. The van der Waals surface area contributed by atoms with Gasteiger partial charge in [-0.3, -0.25) is 0 Å². The molecule has 1 aromatic rings. The van der Waals surface area contributed by atoms with Crippen molar-refractivity contribution < 1.29 is 0 Å². The van der Waals surface area contributed by atoms with Gasteiger partial charge < -0.3 is 10.6 Å². The van der Waals surface area contributed by atoms with Crippen LogP contribution in [0.1, 0.15) is 30.5 Å². The summed E-state index contributed by atoms with van der Waals surface area (Å²) in [4.78, 5) is 4.69. The molecule has 3 heteroatoms. The van der Waals surface area contributed by atoms with E-state index < -0.39 is 0 Å². The van der Waals surface area contributed by atoms with Crippen LogP contribution in [-0.2, 0) is 12.8 Å². The zero-order chi connectivity index (χ0) is 11.5. The number of fused-ring (bicyclic) bond motifs is 1. The number of anilines is 1. The van der Waals surface area contributed by atoms with Gasteiger partial charge in [-0.15, -0.1) is 0 Å². The lowest BCUT2D eigenvalue weighted by atomic mass is 10.1. The zero-order valence-electron chi connectivity index (χ0n) is 10.3. The Morgan fingerprint density at radius 1 is 1.35 bits per heavy atom. The van der Waals surface area contributed by atoms with E-state index in [-0.39, 0.29) is 0 Å².